The number of alkyl halides is 6. The Hall–Kier alpha value is -5.17. The number of nitrogens with two attached hydrogens (primary N) is 1. The Morgan fingerprint density at radius 1 is 0.689 bits per heavy atom. The quantitative estimate of drug-likeness (QED) is 0.0948. The fourth-order valence-electron chi connectivity index (χ4n) is 4.95. The molecule has 0 atom stereocenters. The lowest BCUT2D eigenvalue weighted by molar-refractivity contribution is -0.160. The number of nitrogens with one attached hydrogen (secondary N) is 3. The Kier molecular flexibility index (Phi) is 14.3. The van der Waals surface area contributed by atoms with E-state index in [1.807, 2.05) is 0 Å². The molecule has 332 valence electrons. The van der Waals surface area contributed by atoms with E-state index in [0.29, 0.717) is 0 Å². The number of aryl methyl sites for hydroxylation is 2. The molecule has 0 radical (unpaired) electrons. The number of anilines is 2. The number of hydrogen-bond donors (Lipinski definition) is 4. The predicted molar refractivity (Wildman–Crippen MR) is 203 cm³/mol. The second-order valence-corrected chi connectivity index (χ2v) is 17.7. The molecular weight excluding hydrogens is 896 g/mol. The van der Waals surface area contributed by atoms with E-state index in [9.17, 15) is 61.5 Å². The highest BCUT2D eigenvalue weighted by molar-refractivity contribution is 8.13. The van der Waals surface area contributed by atoms with Crippen LogP contribution in [0.4, 0.5) is 46.8 Å². The summed E-state index contributed by atoms with van der Waals surface area (Å²) < 4.78 is 160. The minimum absolute atomic E-state index is 0.00124. The topological polar surface area (TPSA) is 209 Å². The molecule has 2 fully saturated rings. The first kappa shape index (κ1) is 48.5. The van der Waals surface area contributed by atoms with Crippen LogP contribution in [-0.4, -0.2) is 76.3 Å². The number of pyridine rings is 2. The van der Waals surface area contributed by atoms with Crippen molar-refractivity contribution < 1.29 is 71.0 Å². The minimum atomic E-state index is -4.74. The normalized spacial score (nSPS) is 15.2. The van der Waals surface area contributed by atoms with E-state index in [-0.39, 0.29) is 76.2 Å². The SMILES string of the molecule is COc1ccc(S(=O)(=O)Cl)cc1C(=O)Nc1ccc(F)c(C)n1.COc1ccc(S(=O)(=O)NC2(C(F)(F)F)CC2)cc1C(=O)Nc1ccc(F)c(C)n1.NC1(C(F)(F)F)CC1. The first-order valence-electron chi connectivity index (χ1n) is 17.2. The van der Waals surface area contributed by atoms with Crippen LogP contribution in [0.1, 0.15) is 57.8 Å². The highest BCUT2D eigenvalue weighted by Gasteiger charge is 2.65. The summed E-state index contributed by atoms with van der Waals surface area (Å²) in [5, 5.41) is 4.82. The second-order valence-electron chi connectivity index (χ2n) is 13.4. The van der Waals surface area contributed by atoms with Crippen molar-refractivity contribution in [2.24, 2.45) is 5.73 Å². The molecule has 2 saturated carbocycles. The van der Waals surface area contributed by atoms with Crippen LogP contribution in [0.25, 0.3) is 0 Å². The average Bonchev–Trinajstić information content (AvgIpc) is 4.11. The molecule has 2 aromatic heterocycles. The van der Waals surface area contributed by atoms with Gasteiger partial charge >= 0.3 is 12.4 Å². The summed E-state index contributed by atoms with van der Waals surface area (Å²) in [5.74, 6) is -2.31. The Labute approximate surface area is 347 Å². The zero-order chi connectivity index (χ0) is 45.9. The van der Waals surface area contributed by atoms with Gasteiger partial charge in [0.05, 0.1) is 46.5 Å². The number of carbonyl (C=O) groups excluding carboxylic acids is 2. The molecule has 4 aromatic rings. The van der Waals surface area contributed by atoms with Crippen molar-refractivity contribution in [2.75, 3.05) is 24.9 Å². The number of ether oxygens (including phenoxy) is 2. The number of halogens is 9. The van der Waals surface area contributed by atoms with Crippen LogP contribution in [0.15, 0.2) is 70.5 Å². The number of rotatable bonds is 10. The molecule has 0 unspecified atom stereocenters. The number of benzene rings is 2. The van der Waals surface area contributed by atoms with Gasteiger partial charge in [0.15, 0.2) is 0 Å². The summed E-state index contributed by atoms with van der Waals surface area (Å²) in [5.41, 5.74) is 0.344. The van der Waals surface area contributed by atoms with Crippen LogP contribution in [0.2, 0.25) is 0 Å². The lowest BCUT2D eigenvalue weighted by Gasteiger charge is -2.21. The number of hydrogen-bond acceptors (Lipinski definition) is 11. The number of amides is 2. The maximum atomic E-state index is 13.3. The summed E-state index contributed by atoms with van der Waals surface area (Å²) in [6, 6.07) is 11.5. The first-order valence-corrected chi connectivity index (χ1v) is 21.0. The van der Waals surface area contributed by atoms with Gasteiger partial charge in [0.2, 0.25) is 10.0 Å². The molecule has 0 saturated heterocycles. The van der Waals surface area contributed by atoms with Crippen molar-refractivity contribution in [2.45, 2.75) is 72.8 Å². The lowest BCUT2D eigenvalue weighted by Crippen LogP contribution is -2.47. The summed E-state index contributed by atoms with van der Waals surface area (Å²) in [6.45, 7) is 2.84. The maximum absolute atomic E-state index is 13.3. The van der Waals surface area contributed by atoms with Crippen LogP contribution < -0.4 is 30.6 Å². The van der Waals surface area contributed by atoms with Crippen LogP contribution >= 0.6 is 10.7 Å². The summed E-state index contributed by atoms with van der Waals surface area (Å²) in [6.07, 6.45) is -9.46. The van der Waals surface area contributed by atoms with E-state index in [1.54, 1.807) is 4.72 Å². The second kappa shape index (κ2) is 18.0. The standard InChI is InChI=1S/C18H17F4N3O4S.C14H12ClFN2O4S.C4H6F3N/c1-10-13(19)4-6-15(23-10)24-16(26)12-9-11(3-5-14(12)29-2)30(27,28)25-17(7-8-17)18(20,21)22;1-8-11(16)4-6-13(17-8)18-14(19)10-7-9(23(15,20)21)3-5-12(10)22-2;5-4(6,7)3(8)1-2-3/h3-6,9,25H,7-8H2,1-2H3,(H,23,24,26);3-7H,1-2H3,(H,17,18,19);1-2,8H2. The van der Waals surface area contributed by atoms with E-state index >= 15 is 0 Å². The minimum Gasteiger partial charge on any atom is -0.496 e. The molecule has 14 nitrogen and oxygen atoms in total. The monoisotopic (exact) mass is 930 g/mol. The molecule has 61 heavy (non-hydrogen) atoms. The third-order valence-corrected chi connectivity index (χ3v) is 11.8. The number of aromatic nitrogens is 2. The number of nitrogens with zero attached hydrogens (tertiary/aromatic N) is 2. The van der Waals surface area contributed by atoms with Gasteiger partial charge in [-0.1, -0.05) is 0 Å². The van der Waals surface area contributed by atoms with Crippen molar-refractivity contribution in [3.05, 3.63) is 94.8 Å². The largest absolute Gasteiger partial charge is 0.496 e. The predicted octanol–water partition coefficient (Wildman–Crippen LogP) is 6.92. The molecule has 5 N–H and O–H groups in total. The van der Waals surface area contributed by atoms with Gasteiger partial charge in [0, 0.05) is 10.7 Å². The third-order valence-electron chi connectivity index (χ3n) is 8.92. The van der Waals surface area contributed by atoms with Crippen molar-refractivity contribution in [3.8, 4) is 11.5 Å². The molecule has 25 heteroatoms. The Morgan fingerprint density at radius 3 is 1.41 bits per heavy atom. The van der Waals surface area contributed by atoms with E-state index in [4.69, 9.17) is 25.9 Å². The van der Waals surface area contributed by atoms with Crippen molar-refractivity contribution in [3.63, 3.8) is 0 Å². The molecule has 6 rings (SSSR count). The Bertz CT molecular complexity index is 2530. The molecule has 2 amide bonds. The third kappa shape index (κ3) is 12.0. The van der Waals surface area contributed by atoms with Gasteiger partial charge in [0.1, 0.15) is 45.8 Å². The van der Waals surface area contributed by atoms with Crippen molar-refractivity contribution in [1.29, 1.82) is 0 Å². The smallest absolute Gasteiger partial charge is 0.407 e. The van der Waals surface area contributed by atoms with Gasteiger partial charge in [-0.05, 0) is 100 Å². The molecular formula is C36H35ClF8N6O8S2. The highest BCUT2D eigenvalue weighted by atomic mass is 35.7. The molecule has 0 spiro atoms. The van der Waals surface area contributed by atoms with Gasteiger partial charge in [-0.3, -0.25) is 9.59 Å². The number of sulfonamides is 1. The lowest BCUT2D eigenvalue weighted by atomic mass is 10.2. The fourth-order valence-corrected chi connectivity index (χ4v) is 7.19. The van der Waals surface area contributed by atoms with Crippen molar-refractivity contribution in [1.82, 2.24) is 14.7 Å². The van der Waals surface area contributed by atoms with Crippen LogP contribution in [0, 0.1) is 25.5 Å². The van der Waals surface area contributed by atoms with E-state index < -0.39 is 70.8 Å². The van der Waals surface area contributed by atoms with E-state index in [0.717, 1.165) is 36.4 Å². The fraction of sp³-hybridized carbons (Fsp3) is 0.333. The average molecular weight is 931 g/mol. The van der Waals surface area contributed by atoms with Crippen LogP contribution in [0.5, 0.6) is 11.5 Å². The zero-order valence-electron chi connectivity index (χ0n) is 32.1. The molecule has 2 aromatic carbocycles. The summed E-state index contributed by atoms with van der Waals surface area (Å²) in [4.78, 5) is 31.9. The van der Waals surface area contributed by atoms with Gasteiger partial charge in [-0.15, -0.1) is 0 Å². The van der Waals surface area contributed by atoms with Crippen LogP contribution in [-0.2, 0) is 19.1 Å². The first-order chi connectivity index (χ1) is 28.1. The number of carbonyl (C=O) groups is 2. The molecule has 2 heterocycles. The maximum Gasteiger partial charge on any atom is 0.407 e. The van der Waals surface area contributed by atoms with Crippen molar-refractivity contribution >= 4 is 53.2 Å². The summed E-state index contributed by atoms with van der Waals surface area (Å²) in [7, 11) is -0.726. The highest BCUT2D eigenvalue weighted by Crippen LogP contribution is 2.50. The zero-order valence-corrected chi connectivity index (χ0v) is 34.4. The van der Waals surface area contributed by atoms with Gasteiger partial charge < -0.3 is 25.8 Å². The van der Waals surface area contributed by atoms with Gasteiger partial charge in [-0.2, -0.15) is 31.1 Å². The van der Waals surface area contributed by atoms with Gasteiger partial charge in [0.25, 0.3) is 20.9 Å². The number of methoxy groups -OCH3 is 2. The molecule has 2 aliphatic carbocycles. The Morgan fingerprint density at radius 2 is 1.10 bits per heavy atom. The summed E-state index contributed by atoms with van der Waals surface area (Å²) >= 11 is 0. The molecule has 0 bridgehead atoms. The van der Waals surface area contributed by atoms with Crippen LogP contribution in [0.3, 0.4) is 0 Å². The Balaban J connectivity index is 0.000000232. The van der Waals surface area contributed by atoms with E-state index in [1.165, 1.54) is 52.3 Å². The molecule has 2 aliphatic rings. The van der Waals surface area contributed by atoms with Gasteiger partial charge in [-0.25, -0.2) is 35.6 Å². The molecule has 0 aliphatic heterocycles. The van der Waals surface area contributed by atoms with E-state index in [2.05, 4.69) is 20.6 Å².